The van der Waals surface area contributed by atoms with Crippen LogP contribution in [0.5, 0.6) is 0 Å². The summed E-state index contributed by atoms with van der Waals surface area (Å²) in [7, 11) is 0. The van der Waals surface area contributed by atoms with Crippen molar-refractivity contribution in [2.75, 3.05) is 0 Å². The normalized spacial score (nSPS) is 12.1. The van der Waals surface area contributed by atoms with E-state index in [1.807, 2.05) is 72.8 Å². The van der Waals surface area contributed by atoms with Gasteiger partial charge < -0.3 is 9.13 Å². The minimum absolute atomic E-state index is 0.511. The highest BCUT2D eigenvalue weighted by molar-refractivity contribution is 5.91. The van der Waals surface area contributed by atoms with Gasteiger partial charge in [0.25, 0.3) is 0 Å². The molecule has 0 saturated heterocycles. The van der Waals surface area contributed by atoms with E-state index in [1.54, 1.807) is 0 Å². The maximum absolute atomic E-state index is 9.06. The van der Waals surface area contributed by atoms with Crippen molar-refractivity contribution in [3.63, 3.8) is 0 Å². The van der Waals surface area contributed by atoms with E-state index in [0.29, 0.717) is 12.1 Å². The SMILES string of the molecule is [2H]c1c(-c2ccc(-c3c([2H])c4ccccc4n3-c3ccccc3)cc2)n(-c2ccccc2)c2ccccc12. The smallest absolute Gasteiger partial charge is 0.0652 e. The molecule has 0 unspecified atom stereocenters. The predicted octanol–water partition coefficient (Wildman–Crippen LogP) is 8.91. The molecule has 0 aliphatic carbocycles. The lowest BCUT2D eigenvalue weighted by Crippen LogP contribution is -1.97. The Balaban J connectivity index is 1.43. The molecule has 36 heavy (non-hydrogen) atoms. The third-order valence-electron chi connectivity index (χ3n) is 6.70. The van der Waals surface area contributed by atoms with Crippen LogP contribution in [0.4, 0.5) is 0 Å². The van der Waals surface area contributed by atoms with Crippen LogP contribution in [0.25, 0.3) is 55.7 Å². The van der Waals surface area contributed by atoms with E-state index in [-0.39, 0.29) is 0 Å². The Morgan fingerprint density at radius 2 is 0.750 bits per heavy atom. The molecule has 170 valence electrons. The summed E-state index contributed by atoms with van der Waals surface area (Å²) in [6.45, 7) is 0. The first-order valence-corrected chi connectivity index (χ1v) is 12.1. The van der Waals surface area contributed by atoms with Crippen molar-refractivity contribution >= 4 is 21.8 Å². The predicted molar refractivity (Wildman–Crippen MR) is 151 cm³/mol. The van der Waals surface area contributed by atoms with E-state index in [0.717, 1.165) is 55.7 Å². The monoisotopic (exact) mass is 462 g/mol. The van der Waals surface area contributed by atoms with E-state index in [9.17, 15) is 0 Å². The highest BCUT2D eigenvalue weighted by atomic mass is 15.0. The highest BCUT2D eigenvalue weighted by Crippen LogP contribution is 2.35. The lowest BCUT2D eigenvalue weighted by atomic mass is 10.1. The molecule has 0 saturated carbocycles. The summed E-state index contributed by atoms with van der Waals surface area (Å²) in [6.07, 6.45) is 0. The lowest BCUT2D eigenvalue weighted by molar-refractivity contribution is 1.13. The van der Waals surface area contributed by atoms with Gasteiger partial charge in [-0.25, -0.2) is 0 Å². The van der Waals surface area contributed by atoms with Gasteiger partial charge in [-0.2, -0.15) is 0 Å². The van der Waals surface area contributed by atoms with E-state index >= 15 is 0 Å². The van der Waals surface area contributed by atoms with Crippen molar-refractivity contribution in [1.29, 1.82) is 0 Å². The van der Waals surface area contributed by atoms with Gasteiger partial charge in [-0.3, -0.25) is 0 Å². The van der Waals surface area contributed by atoms with E-state index in [4.69, 9.17) is 2.74 Å². The van der Waals surface area contributed by atoms with Crippen LogP contribution in [0.2, 0.25) is 0 Å². The topological polar surface area (TPSA) is 9.86 Å². The molecule has 0 N–H and O–H groups in total. The molecule has 0 atom stereocenters. The fourth-order valence-electron chi connectivity index (χ4n) is 5.04. The van der Waals surface area contributed by atoms with Crippen LogP contribution in [0, 0.1) is 0 Å². The zero-order valence-electron chi connectivity index (χ0n) is 21.6. The van der Waals surface area contributed by atoms with Crippen LogP contribution in [-0.4, -0.2) is 9.13 Å². The largest absolute Gasteiger partial charge is 0.309 e. The quantitative estimate of drug-likeness (QED) is 0.247. The summed E-state index contributed by atoms with van der Waals surface area (Å²) in [5, 5.41) is 1.85. The summed E-state index contributed by atoms with van der Waals surface area (Å²) in [4.78, 5) is 0. The maximum atomic E-state index is 9.06. The first-order chi connectivity index (χ1) is 18.7. The average molecular weight is 463 g/mol. The molecular weight excluding hydrogens is 436 g/mol. The molecule has 0 aliphatic rings. The van der Waals surface area contributed by atoms with Gasteiger partial charge in [-0.1, -0.05) is 97.1 Å². The maximum Gasteiger partial charge on any atom is 0.0652 e. The number of fused-ring (bicyclic) bond motifs is 2. The average Bonchev–Trinajstić information content (AvgIpc) is 3.45. The van der Waals surface area contributed by atoms with Crippen LogP contribution in [0.15, 0.2) is 146 Å². The van der Waals surface area contributed by atoms with E-state index in [1.165, 1.54) is 0 Å². The van der Waals surface area contributed by atoms with Crippen molar-refractivity contribution in [2.45, 2.75) is 0 Å². The second-order valence-corrected chi connectivity index (χ2v) is 8.90. The van der Waals surface area contributed by atoms with Crippen molar-refractivity contribution in [3.8, 4) is 33.9 Å². The third-order valence-corrected chi connectivity index (χ3v) is 6.70. The first kappa shape index (κ1) is 18.5. The number of nitrogens with zero attached hydrogens (tertiary/aromatic N) is 2. The minimum atomic E-state index is 0.511. The number of para-hydroxylation sites is 4. The van der Waals surface area contributed by atoms with Gasteiger partial charge in [-0.15, -0.1) is 0 Å². The summed E-state index contributed by atoms with van der Waals surface area (Å²) in [6, 6.07) is 46.0. The van der Waals surface area contributed by atoms with Crippen molar-refractivity contribution in [3.05, 3.63) is 146 Å². The Morgan fingerprint density at radius 1 is 0.389 bits per heavy atom. The van der Waals surface area contributed by atoms with Gasteiger partial charge in [-0.05, 0) is 59.6 Å². The van der Waals surface area contributed by atoms with Gasteiger partial charge in [0.15, 0.2) is 0 Å². The molecule has 0 aliphatic heterocycles. The van der Waals surface area contributed by atoms with Crippen molar-refractivity contribution < 1.29 is 2.74 Å². The molecule has 0 amide bonds. The summed E-state index contributed by atoms with van der Waals surface area (Å²) in [5.41, 5.74) is 7.73. The third kappa shape index (κ3) is 3.35. The summed E-state index contributed by atoms with van der Waals surface area (Å²) < 4.78 is 22.5. The van der Waals surface area contributed by atoms with Crippen LogP contribution in [0.3, 0.4) is 0 Å². The Labute approximate surface area is 213 Å². The molecule has 5 aromatic carbocycles. The molecule has 2 heteroatoms. The number of hydrogen-bond donors (Lipinski definition) is 0. The second kappa shape index (κ2) is 8.44. The van der Waals surface area contributed by atoms with Gasteiger partial charge in [0.2, 0.25) is 0 Å². The number of benzene rings is 5. The van der Waals surface area contributed by atoms with Crippen LogP contribution >= 0.6 is 0 Å². The van der Waals surface area contributed by atoms with Crippen molar-refractivity contribution in [1.82, 2.24) is 9.13 Å². The minimum Gasteiger partial charge on any atom is -0.309 e. The first-order valence-electron chi connectivity index (χ1n) is 13.1. The molecule has 2 heterocycles. The molecule has 0 bridgehead atoms. The highest BCUT2D eigenvalue weighted by Gasteiger charge is 2.15. The van der Waals surface area contributed by atoms with Gasteiger partial charge in [0, 0.05) is 22.1 Å². The van der Waals surface area contributed by atoms with E-state index in [2.05, 4.69) is 69.8 Å². The fraction of sp³-hybridized carbons (Fsp3) is 0. The van der Waals surface area contributed by atoms with Crippen LogP contribution < -0.4 is 0 Å². The molecule has 0 spiro atoms. The zero-order chi connectivity index (χ0) is 25.6. The Bertz CT molecular complexity index is 1770. The molecule has 7 aromatic rings. The van der Waals surface area contributed by atoms with E-state index < -0.39 is 0 Å². The van der Waals surface area contributed by atoms with Crippen LogP contribution in [-0.2, 0) is 0 Å². The number of aromatic nitrogens is 2. The molecule has 2 aromatic heterocycles. The zero-order valence-corrected chi connectivity index (χ0v) is 19.6. The molecule has 0 fully saturated rings. The second-order valence-electron chi connectivity index (χ2n) is 8.90. The fourth-order valence-corrected chi connectivity index (χ4v) is 5.04. The van der Waals surface area contributed by atoms with Crippen molar-refractivity contribution in [2.24, 2.45) is 0 Å². The summed E-state index contributed by atoms with van der Waals surface area (Å²) >= 11 is 0. The Hall–Kier alpha value is -4.82. The van der Waals surface area contributed by atoms with Gasteiger partial charge in [0.1, 0.15) is 0 Å². The number of rotatable bonds is 4. The Kier molecular flexibility index (Phi) is 4.34. The summed E-state index contributed by atoms with van der Waals surface area (Å²) in [5.74, 6) is 0. The molecule has 2 nitrogen and oxygen atoms in total. The van der Waals surface area contributed by atoms with Crippen LogP contribution in [0.1, 0.15) is 2.74 Å². The molecule has 7 rings (SSSR count). The lowest BCUT2D eigenvalue weighted by Gasteiger charge is -2.13. The standard InChI is InChI=1S/C34H24N2/c1-3-13-29(14-4-1)35-31-17-9-7-11-27(31)23-33(35)25-19-21-26(22-20-25)34-24-28-12-8-10-18-32(28)36(34)30-15-5-2-6-16-30/h1-24H/i23D,24D. The molecular formula is C34H24N2. The number of hydrogen-bond acceptors (Lipinski definition) is 0. The Morgan fingerprint density at radius 3 is 1.17 bits per heavy atom. The molecule has 0 radical (unpaired) electrons. The van der Waals surface area contributed by atoms with Gasteiger partial charge >= 0.3 is 0 Å². The van der Waals surface area contributed by atoms with Gasteiger partial charge in [0.05, 0.1) is 25.2 Å².